The van der Waals surface area contributed by atoms with E-state index in [0.29, 0.717) is 0 Å². The third-order valence-electron chi connectivity index (χ3n) is 2.29. The zero-order valence-corrected chi connectivity index (χ0v) is 9.09. The number of rotatable bonds is 6. The van der Waals surface area contributed by atoms with Crippen molar-refractivity contribution in [2.24, 2.45) is 5.92 Å². The van der Waals surface area contributed by atoms with Gasteiger partial charge in [-0.15, -0.1) is 0 Å². The molecule has 0 amide bonds. The lowest BCUT2D eigenvalue weighted by molar-refractivity contribution is -0.158. The van der Waals surface area contributed by atoms with Crippen molar-refractivity contribution < 1.29 is 9.63 Å². The number of hydrogen-bond donors (Lipinski definition) is 1. The van der Waals surface area contributed by atoms with Crippen molar-refractivity contribution in [2.45, 2.75) is 53.0 Å². The molecular weight excluding hydrogens is 166 g/mol. The van der Waals surface area contributed by atoms with Gasteiger partial charge in [0.1, 0.15) is 0 Å². The van der Waals surface area contributed by atoms with Crippen molar-refractivity contribution in [2.75, 3.05) is 0 Å². The summed E-state index contributed by atoms with van der Waals surface area (Å²) in [4.78, 5) is 16.3. The summed E-state index contributed by atoms with van der Waals surface area (Å²) in [5.41, 5.74) is 2.73. The van der Waals surface area contributed by atoms with Crippen LogP contribution in [0.15, 0.2) is 0 Å². The highest BCUT2D eigenvalue weighted by Gasteiger charge is 2.16. The topological polar surface area (TPSA) is 38.3 Å². The average molecular weight is 187 g/mol. The molecule has 1 N–H and O–H groups in total. The Morgan fingerprint density at radius 3 is 2.15 bits per heavy atom. The number of hydroxylamine groups is 1. The van der Waals surface area contributed by atoms with Crippen molar-refractivity contribution in [3.05, 3.63) is 0 Å². The van der Waals surface area contributed by atoms with Gasteiger partial charge in [0.2, 0.25) is 0 Å². The lowest BCUT2D eigenvalue weighted by Crippen LogP contribution is -2.31. The third-order valence-corrected chi connectivity index (χ3v) is 2.29. The van der Waals surface area contributed by atoms with Crippen LogP contribution in [0, 0.1) is 5.92 Å². The van der Waals surface area contributed by atoms with Gasteiger partial charge < -0.3 is 4.84 Å². The van der Waals surface area contributed by atoms with E-state index in [0.717, 1.165) is 19.3 Å². The van der Waals surface area contributed by atoms with Crippen LogP contribution in [0.25, 0.3) is 0 Å². The van der Waals surface area contributed by atoms with Gasteiger partial charge in [0.25, 0.3) is 0 Å². The molecule has 3 nitrogen and oxygen atoms in total. The molecule has 0 radical (unpaired) electrons. The number of carbonyl (C=O) groups excluding carboxylic acids is 1. The van der Waals surface area contributed by atoms with Gasteiger partial charge in [0.15, 0.2) is 0 Å². The third kappa shape index (κ3) is 4.88. The van der Waals surface area contributed by atoms with Crippen LogP contribution in [0.1, 0.15) is 47.0 Å². The van der Waals surface area contributed by atoms with Gasteiger partial charge in [-0.25, -0.2) is 0 Å². The summed E-state index contributed by atoms with van der Waals surface area (Å²) in [6.45, 7) is 8.03. The monoisotopic (exact) mass is 187 g/mol. The lowest BCUT2D eigenvalue weighted by atomic mass is 10.0. The lowest BCUT2D eigenvalue weighted by Gasteiger charge is -2.14. The Bertz CT molecular complexity index is 144. The van der Waals surface area contributed by atoms with E-state index in [1.54, 1.807) is 0 Å². The minimum Gasteiger partial charge on any atom is -0.370 e. The first kappa shape index (κ1) is 12.4. The summed E-state index contributed by atoms with van der Waals surface area (Å²) >= 11 is 0. The molecule has 0 aromatic carbocycles. The van der Waals surface area contributed by atoms with Crippen LogP contribution in [0.3, 0.4) is 0 Å². The van der Waals surface area contributed by atoms with E-state index < -0.39 is 0 Å². The normalized spacial score (nSPS) is 13.0. The summed E-state index contributed by atoms with van der Waals surface area (Å²) in [6.07, 6.45) is 2.64. The maximum atomic E-state index is 11.3. The van der Waals surface area contributed by atoms with E-state index in [1.807, 2.05) is 27.7 Å². The molecule has 0 bridgehead atoms. The second-order valence-electron chi connectivity index (χ2n) is 3.36. The van der Waals surface area contributed by atoms with Crippen LogP contribution in [0.2, 0.25) is 0 Å². The second kappa shape index (κ2) is 6.89. The van der Waals surface area contributed by atoms with Gasteiger partial charge in [0, 0.05) is 6.04 Å². The van der Waals surface area contributed by atoms with Gasteiger partial charge in [-0.2, -0.15) is 5.48 Å². The summed E-state index contributed by atoms with van der Waals surface area (Å²) in [5.74, 6) is -0.0955. The molecular formula is C10H21NO2. The van der Waals surface area contributed by atoms with Crippen molar-refractivity contribution in [1.29, 1.82) is 0 Å². The minimum absolute atomic E-state index is 0.0385. The Labute approximate surface area is 80.8 Å². The van der Waals surface area contributed by atoms with Gasteiger partial charge in [-0.1, -0.05) is 20.8 Å². The molecule has 0 spiro atoms. The van der Waals surface area contributed by atoms with Crippen LogP contribution in [0.5, 0.6) is 0 Å². The van der Waals surface area contributed by atoms with Crippen molar-refractivity contribution in [3.63, 3.8) is 0 Å². The fraction of sp³-hybridized carbons (Fsp3) is 0.900. The molecule has 0 aliphatic rings. The Kier molecular flexibility index (Phi) is 6.59. The zero-order valence-electron chi connectivity index (χ0n) is 9.09. The fourth-order valence-electron chi connectivity index (χ4n) is 0.947. The second-order valence-corrected chi connectivity index (χ2v) is 3.36. The molecule has 0 aliphatic carbocycles. The Morgan fingerprint density at radius 1 is 1.23 bits per heavy atom. The smallest absolute Gasteiger partial charge is 0.327 e. The van der Waals surface area contributed by atoms with Crippen LogP contribution in [-0.2, 0) is 9.63 Å². The SMILES string of the molecule is CCC(C)NOC(=O)C(CC)CC. The van der Waals surface area contributed by atoms with Crippen LogP contribution in [0.4, 0.5) is 0 Å². The standard InChI is InChI=1S/C10H21NO2/c1-5-8(4)11-13-10(12)9(6-2)7-3/h8-9,11H,5-7H2,1-4H3. The van der Waals surface area contributed by atoms with E-state index in [4.69, 9.17) is 4.84 Å². The first-order valence-corrected chi connectivity index (χ1v) is 5.11. The molecule has 3 heteroatoms. The first-order chi connectivity index (χ1) is 6.15. The van der Waals surface area contributed by atoms with Crippen molar-refractivity contribution in [3.8, 4) is 0 Å². The highest BCUT2D eigenvalue weighted by Crippen LogP contribution is 2.08. The van der Waals surface area contributed by atoms with Crippen LogP contribution < -0.4 is 5.48 Å². The maximum Gasteiger partial charge on any atom is 0.327 e. The number of carbonyl (C=O) groups is 1. The highest BCUT2D eigenvalue weighted by molar-refractivity contribution is 5.71. The molecule has 1 atom stereocenters. The van der Waals surface area contributed by atoms with E-state index >= 15 is 0 Å². The van der Waals surface area contributed by atoms with E-state index in [-0.39, 0.29) is 17.9 Å². The zero-order chi connectivity index (χ0) is 10.3. The molecule has 0 heterocycles. The van der Waals surface area contributed by atoms with Crippen molar-refractivity contribution >= 4 is 5.97 Å². The molecule has 0 aromatic rings. The van der Waals surface area contributed by atoms with Gasteiger partial charge >= 0.3 is 5.97 Å². The summed E-state index contributed by atoms with van der Waals surface area (Å²) in [7, 11) is 0. The predicted octanol–water partition coefficient (Wildman–Crippen LogP) is 2.27. The van der Waals surface area contributed by atoms with E-state index in [1.165, 1.54) is 0 Å². The molecule has 13 heavy (non-hydrogen) atoms. The molecule has 78 valence electrons. The highest BCUT2D eigenvalue weighted by atomic mass is 16.7. The number of hydrogen-bond acceptors (Lipinski definition) is 3. The Hall–Kier alpha value is -0.570. The largest absolute Gasteiger partial charge is 0.370 e. The maximum absolute atomic E-state index is 11.3. The summed E-state index contributed by atoms with van der Waals surface area (Å²) < 4.78 is 0. The van der Waals surface area contributed by atoms with E-state index in [9.17, 15) is 4.79 Å². The van der Waals surface area contributed by atoms with Crippen LogP contribution >= 0.6 is 0 Å². The molecule has 0 saturated heterocycles. The molecule has 0 rings (SSSR count). The fourth-order valence-corrected chi connectivity index (χ4v) is 0.947. The molecule has 0 saturated carbocycles. The Balaban J connectivity index is 3.72. The molecule has 0 aliphatic heterocycles. The average Bonchev–Trinajstić information content (AvgIpc) is 2.16. The van der Waals surface area contributed by atoms with Gasteiger partial charge in [-0.3, -0.25) is 4.79 Å². The summed E-state index contributed by atoms with van der Waals surface area (Å²) in [6, 6.07) is 0.235. The number of nitrogens with one attached hydrogen (secondary N) is 1. The Morgan fingerprint density at radius 2 is 1.77 bits per heavy atom. The minimum atomic E-state index is -0.134. The molecule has 0 fully saturated rings. The summed E-state index contributed by atoms with van der Waals surface area (Å²) in [5, 5.41) is 0. The molecule has 0 aromatic heterocycles. The first-order valence-electron chi connectivity index (χ1n) is 5.11. The van der Waals surface area contributed by atoms with Gasteiger partial charge in [0.05, 0.1) is 5.92 Å². The van der Waals surface area contributed by atoms with E-state index in [2.05, 4.69) is 5.48 Å². The van der Waals surface area contributed by atoms with Gasteiger partial charge in [-0.05, 0) is 26.2 Å². The molecule has 1 unspecified atom stereocenters. The quantitative estimate of drug-likeness (QED) is 0.648. The van der Waals surface area contributed by atoms with Crippen LogP contribution in [-0.4, -0.2) is 12.0 Å². The van der Waals surface area contributed by atoms with Crippen molar-refractivity contribution in [1.82, 2.24) is 5.48 Å². The predicted molar refractivity (Wildman–Crippen MR) is 53.1 cm³/mol.